The summed E-state index contributed by atoms with van der Waals surface area (Å²) in [5, 5.41) is 3.48. The lowest BCUT2D eigenvalue weighted by atomic mass is 9.74. The van der Waals surface area contributed by atoms with Gasteiger partial charge in [-0.3, -0.25) is 0 Å². The van der Waals surface area contributed by atoms with Crippen LogP contribution < -0.4 is 5.32 Å². The molecule has 1 fully saturated rings. The van der Waals surface area contributed by atoms with Crippen molar-refractivity contribution in [3.05, 3.63) is 0 Å². The van der Waals surface area contributed by atoms with Gasteiger partial charge in [-0.1, -0.05) is 20.8 Å². The summed E-state index contributed by atoms with van der Waals surface area (Å²) >= 11 is 0. The maximum absolute atomic E-state index is 6.36. The van der Waals surface area contributed by atoms with Crippen molar-refractivity contribution in [2.75, 3.05) is 26.8 Å². The average Bonchev–Trinajstić information content (AvgIpc) is 2.37. The molecule has 1 aliphatic rings. The van der Waals surface area contributed by atoms with E-state index in [1.807, 2.05) is 0 Å². The molecule has 0 aromatic carbocycles. The van der Waals surface area contributed by atoms with Gasteiger partial charge in [-0.2, -0.15) is 0 Å². The third-order valence-corrected chi connectivity index (χ3v) is 4.43. The number of likely N-dealkylation sites (N-methyl/N-ethyl adjacent to an activating group) is 1. The van der Waals surface area contributed by atoms with Gasteiger partial charge in [0.05, 0.1) is 18.3 Å². The van der Waals surface area contributed by atoms with Gasteiger partial charge in [0.25, 0.3) is 0 Å². The Kier molecular flexibility index (Phi) is 7.33. The molecule has 0 aliphatic heterocycles. The van der Waals surface area contributed by atoms with Crippen molar-refractivity contribution in [3.63, 3.8) is 0 Å². The Balaban J connectivity index is 2.57. The van der Waals surface area contributed by atoms with Crippen LogP contribution in [0, 0.1) is 11.8 Å². The molecule has 3 heteroatoms. The topological polar surface area (TPSA) is 30.5 Å². The Bertz CT molecular complexity index is 235. The average molecular weight is 271 g/mol. The largest absolute Gasteiger partial charge is 0.382 e. The normalized spacial score (nSPS) is 29.7. The molecule has 1 atom stereocenters. The summed E-state index contributed by atoms with van der Waals surface area (Å²) in [7, 11) is 1.74. The van der Waals surface area contributed by atoms with Crippen molar-refractivity contribution in [3.8, 4) is 0 Å². The Hall–Kier alpha value is -0.120. The van der Waals surface area contributed by atoms with Gasteiger partial charge < -0.3 is 14.8 Å². The molecule has 0 radical (unpaired) electrons. The van der Waals surface area contributed by atoms with Crippen molar-refractivity contribution in [2.45, 2.75) is 65.1 Å². The number of rotatable bonds is 8. The minimum Gasteiger partial charge on any atom is -0.382 e. The predicted octanol–water partition coefficient (Wildman–Crippen LogP) is 3.23. The van der Waals surface area contributed by atoms with Crippen molar-refractivity contribution in [1.29, 1.82) is 0 Å². The van der Waals surface area contributed by atoms with E-state index < -0.39 is 0 Å². The first-order chi connectivity index (χ1) is 9.03. The number of hydrogen-bond donors (Lipinski definition) is 1. The fraction of sp³-hybridized carbons (Fsp3) is 1.00. The second-order valence-corrected chi connectivity index (χ2v) is 6.43. The van der Waals surface area contributed by atoms with Gasteiger partial charge in [-0.15, -0.1) is 0 Å². The molecule has 0 aromatic heterocycles. The van der Waals surface area contributed by atoms with E-state index in [0.717, 1.165) is 24.9 Å². The van der Waals surface area contributed by atoms with E-state index >= 15 is 0 Å². The lowest BCUT2D eigenvalue weighted by Crippen LogP contribution is -2.48. The minimum absolute atomic E-state index is 0.0271. The third kappa shape index (κ3) is 5.41. The summed E-state index contributed by atoms with van der Waals surface area (Å²) in [6, 6.07) is 0. The van der Waals surface area contributed by atoms with Crippen LogP contribution in [0.15, 0.2) is 0 Å². The van der Waals surface area contributed by atoms with Crippen molar-refractivity contribution in [1.82, 2.24) is 5.32 Å². The van der Waals surface area contributed by atoms with Crippen molar-refractivity contribution in [2.24, 2.45) is 11.8 Å². The maximum Gasteiger partial charge on any atom is 0.0811 e. The van der Waals surface area contributed by atoms with E-state index in [-0.39, 0.29) is 11.7 Å². The highest BCUT2D eigenvalue weighted by Crippen LogP contribution is 2.38. The Morgan fingerprint density at radius 1 is 1.21 bits per heavy atom. The zero-order chi connectivity index (χ0) is 14.3. The SMILES string of the molecule is CCNCC1(OC(C)COC)CCC(C(C)C)CC1. The maximum atomic E-state index is 6.36. The summed E-state index contributed by atoms with van der Waals surface area (Å²) in [6.45, 7) is 11.6. The molecule has 1 unspecified atom stereocenters. The molecule has 114 valence electrons. The van der Waals surface area contributed by atoms with Crippen LogP contribution in [0.1, 0.15) is 53.4 Å². The highest BCUT2D eigenvalue weighted by Gasteiger charge is 2.37. The Labute approximate surface area is 119 Å². The summed E-state index contributed by atoms with van der Waals surface area (Å²) in [4.78, 5) is 0. The molecule has 0 heterocycles. The van der Waals surface area contributed by atoms with E-state index in [2.05, 4.69) is 33.0 Å². The number of hydrogen-bond acceptors (Lipinski definition) is 3. The lowest BCUT2D eigenvalue weighted by Gasteiger charge is -2.43. The summed E-state index contributed by atoms with van der Waals surface area (Å²) in [5.41, 5.74) is 0.0271. The molecule has 0 spiro atoms. The lowest BCUT2D eigenvalue weighted by molar-refractivity contribution is -0.129. The zero-order valence-corrected chi connectivity index (χ0v) is 13.5. The molecule has 3 nitrogen and oxygen atoms in total. The van der Waals surface area contributed by atoms with Gasteiger partial charge in [0, 0.05) is 13.7 Å². The fourth-order valence-electron chi connectivity index (χ4n) is 3.22. The summed E-state index contributed by atoms with van der Waals surface area (Å²) < 4.78 is 11.6. The second kappa shape index (κ2) is 8.23. The molecular weight excluding hydrogens is 238 g/mol. The molecule has 1 aliphatic carbocycles. The summed E-state index contributed by atoms with van der Waals surface area (Å²) in [5.74, 6) is 1.67. The molecular formula is C16H33NO2. The third-order valence-electron chi connectivity index (χ3n) is 4.43. The zero-order valence-electron chi connectivity index (χ0n) is 13.5. The molecule has 0 bridgehead atoms. The van der Waals surface area contributed by atoms with Gasteiger partial charge >= 0.3 is 0 Å². The number of nitrogens with one attached hydrogen (secondary N) is 1. The second-order valence-electron chi connectivity index (χ2n) is 6.43. The predicted molar refractivity (Wildman–Crippen MR) is 80.5 cm³/mol. The molecule has 0 aromatic rings. The quantitative estimate of drug-likeness (QED) is 0.735. The van der Waals surface area contributed by atoms with Crippen LogP contribution in [0.3, 0.4) is 0 Å². The first-order valence-corrected chi connectivity index (χ1v) is 7.90. The van der Waals surface area contributed by atoms with E-state index in [0.29, 0.717) is 6.61 Å². The van der Waals surface area contributed by atoms with E-state index in [1.165, 1.54) is 25.7 Å². The number of ether oxygens (including phenoxy) is 2. The summed E-state index contributed by atoms with van der Waals surface area (Å²) in [6.07, 6.45) is 5.12. The first-order valence-electron chi connectivity index (χ1n) is 7.90. The highest BCUT2D eigenvalue weighted by molar-refractivity contribution is 4.90. The van der Waals surface area contributed by atoms with E-state index in [4.69, 9.17) is 9.47 Å². The number of methoxy groups -OCH3 is 1. The molecule has 1 saturated carbocycles. The molecule has 0 saturated heterocycles. The minimum atomic E-state index is 0.0271. The van der Waals surface area contributed by atoms with Gasteiger partial charge in [-0.05, 0) is 51.0 Å². The molecule has 1 N–H and O–H groups in total. The van der Waals surface area contributed by atoms with Gasteiger partial charge in [0.15, 0.2) is 0 Å². The van der Waals surface area contributed by atoms with E-state index in [1.54, 1.807) is 7.11 Å². The van der Waals surface area contributed by atoms with Crippen LogP contribution in [-0.4, -0.2) is 38.5 Å². The van der Waals surface area contributed by atoms with E-state index in [9.17, 15) is 0 Å². The van der Waals surface area contributed by atoms with Crippen molar-refractivity contribution < 1.29 is 9.47 Å². The van der Waals surface area contributed by atoms with Crippen molar-refractivity contribution >= 4 is 0 Å². The molecule has 19 heavy (non-hydrogen) atoms. The van der Waals surface area contributed by atoms with Crippen LogP contribution >= 0.6 is 0 Å². The van der Waals surface area contributed by atoms with Gasteiger partial charge in [0.2, 0.25) is 0 Å². The standard InChI is InChI=1S/C16H33NO2/c1-6-17-12-16(19-14(4)11-18-5)9-7-15(8-10-16)13(2)3/h13-15,17H,6-12H2,1-5H3. The fourth-order valence-corrected chi connectivity index (χ4v) is 3.22. The Morgan fingerprint density at radius 2 is 1.84 bits per heavy atom. The van der Waals surface area contributed by atoms with Crippen LogP contribution in [0.25, 0.3) is 0 Å². The smallest absolute Gasteiger partial charge is 0.0811 e. The first kappa shape index (κ1) is 16.9. The van der Waals surface area contributed by atoms with Gasteiger partial charge in [-0.25, -0.2) is 0 Å². The van der Waals surface area contributed by atoms with Crippen LogP contribution in [0.5, 0.6) is 0 Å². The monoisotopic (exact) mass is 271 g/mol. The molecule has 1 rings (SSSR count). The van der Waals surface area contributed by atoms with Gasteiger partial charge in [0.1, 0.15) is 0 Å². The Morgan fingerprint density at radius 3 is 2.32 bits per heavy atom. The van der Waals surface area contributed by atoms with Crippen LogP contribution in [0.4, 0.5) is 0 Å². The van der Waals surface area contributed by atoms with Crippen LogP contribution in [-0.2, 0) is 9.47 Å². The van der Waals surface area contributed by atoms with Crippen LogP contribution in [0.2, 0.25) is 0 Å². The molecule has 0 amide bonds. The highest BCUT2D eigenvalue weighted by atomic mass is 16.5.